The number of nitrogens with zero attached hydrogens (tertiary/aromatic N) is 1. The minimum absolute atomic E-state index is 0.743. The largest absolute Gasteiger partial charge is 0.368 e. The van der Waals surface area contributed by atoms with Crippen molar-refractivity contribution in [3.63, 3.8) is 0 Å². The molecule has 1 saturated carbocycles. The maximum atomic E-state index is 5.61. The number of rotatable bonds is 3. The fourth-order valence-electron chi connectivity index (χ4n) is 3.58. The molecule has 0 aromatic heterocycles. The van der Waals surface area contributed by atoms with E-state index in [0.717, 1.165) is 24.9 Å². The van der Waals surface area contributed by atoms with E-state index in [1.807, 2.05) is 0 Å². The Bertz CT molecular complexity index is 413. The number of piperidine rings is 1. The second-order valence-corrected chi connectivity index (χ2v) is 5.64. The lowest BCUT2D eigenvalue weighted by Crippen LogP contribution is -2.32. The van der Waals surface area contributed by atoms with E-state index < -0.39 is 0 Å². The topological polar surface area (TPSA) is 29.3 Å². The molecule has 0 spiro atoms. The molecule has 0 amide bonds. The molecule has 0 radical (unpaired) electrons. The van der Waals surface area contributed by atoms with Gasteiger partial charge in [-0.3, -0.25) is 0 Å². The van der Waals surface area contributed by atoms with Gasteiger partial charge in [0.15, 0.2) is 0 Å². The van der Waals surface area contributed by atoms with Crippen molar-refractivity contribution in [2.45, 2.75) is 38.6 Å². The van der Waals surface area contributed by atoms with Gasteiger partial charge in [0.2, 0.25) is 0 Å². The minimum Gasteiger partial charge on any atom is -0.368 e. The number of aryl methyl sites for hydroxylation is 1. The second-order valence-electron chi connectivity index (χ2n) is 5.64. The van der Waals surface area contributed by atoms with Gasteiger partial charge in [-0.2, -0.15) is 0 Å². The Morgan fingerprint density at radius 1 is 1.35 bits per heavy atom. The van der Waals surface area contributed by atoms with Crippen LogP contribution >= 0.6 is 0 Å². The summed E-state index contributed by atoms with van der Waals surface area (Å²) in [5.41, 5.74) is 9.86. The highest BCUT2D eigenvalue weighted by molar-refractivity contribution is 5.56. The van der Waals surface area contributed by atoms with Crippen LogP contribution in [0.2, 0.25) is 0 Å². The van der Waals surface area contributed by atoms with Crippen LogP contribution in [0, 0.1) is 12.8 Å². The van der Waals surface area contributed by atoms with E-state index in [1.54, 1.807) is 0 Å². The maximum Gasteiger partial charge on any atom is 0.0398 e. The predicted molar refractivity (Wildman–Crippen MR) is 72.4 cm³/mol. The molecule has 1 saturated heterocycles. The number of anilines is 1. The van der Waals surface area contributed by atoms with Gasteiger partial charge < -0.3 is 10.6 Å². The van der Waals surface area contributed by atoms with Crippen molar-refractivity contribution < 1.29 is 0 Å². The number of hydrogen-bond acceptors (Lipinski definition) is 2. The first kappa shape index (κ1) is 11.1. The van der Waals surface area contributed by atoms with Crippen molar-refractivity contribution in [3.05, 3.63) is 29.3 Å². The molecule has 1 aromatic carbocycles. The highest BCUT2D eigenvalue weighted by Gasteiger charge is 2.38. The van der Waals surface area contributed by atoms with Crippen LogP contribution in [0.25, 0.3) is 0 Å². The van der Waals surface area contributed by atoms with Crippen LogP contribution in [0.15, 0.2) is 18.2 Å². The maximum absolute atomic E-state index is 5.61. The van der Waals surface area contributed by atoms with Crippen LogP contribution in [-0.4, -0.2) is 19.1 Å². The summed E-state index contributed by atoms with van der Waals surface area (Å²) in [7, 11) is 0. The average molecular weight is 230 g/mol. The number of hydrogen-bond donors (Lipinski definition) is 1. The lowest BCUT2D eigenvalue weighted by molar-refractivity contribution is 0.553. The molecule has 1 aromatic rings. The van der Waals surface area contributed by atoms with Crippen molar-refractivity contribution in [3.8, 4) is 0 Å². The molecule has 3 rings (SSSR count). The summed E-state index contributed by atoms with van der Waals surface area (Å²) in [6.45, 7) is 4.26. The number of fused-ring (bicyclic) bond motifs is 2. The summed E-state index contributed by atoms with van der Waals surface area (Å²) in [5, 5.41) is 0. The van der Waals surface area contributed by atoms with Crippen molar-refractivity contribution in [1.82, 2.24) is 0 Å². The van der Waals surface area contributed by atoms with Gasteiger partial charge in [0.25, 0.3) is 0 Å². The van der Waals surface area contributed by atoms with E-state index >= 15 is 0 Å². The third kappa shape index (κ3) is 1.95. The van der Waals surface area contributed by atoms with Gasteiger partial charge in [0, 0.05) is 18.3 Å². The van der Waals surface area contributed by atoms with E-state index in [0.29, 0.717) is 0 Å². The Morgan fingerprint density at radius 2 is 2.24 bits per heavy atom. The molecule has 2 unspecified atom stereocenters. The van der Waals surface area contributed by atoms with Crippen molar-refractivity contribution >= 4 is 5.69 Å². The average Bonchev–Trinajstić information content (AvgIpc) is 2.91. The summed E-state index contributed by atoms with van der Waals surface area (Å²) >= 11 is 0. The molecule has 2 fully saturated rings. The fourth-order valence-corrected chi connectivity index (χ4v) is 3.58. The van der Waals surface area contributed by atoms with Gasteiger partial charge in [-0.05, 0) is 62.3 Å². The first-order valence-electron chi connectivity index (χ1n) is 6.84. The SMILES string of the molecule is Cc1cc(CCN)ccc1N1CC2CCC1C2. The summed E-state index contributed by atoms with van der Waals surface area (Å²) in [6, 6.07) is 7.69. The molecule has 1 heterocycles. The molecule has 17 heavy (non-hydrogen) atoms. The third-order valence-electron chi connectivity index (χ3n) is 4.41. The summed E-state index contributed by atoms with van der Waals surface area (Å²) in [4.78, 5) is 2.63. The van der Waals surface area contributed by atoms with E-state index in [4.69, 9.17) is 5.73 Å². The molecule has 92 valence electrons. The molecular formula is C15H22N2. The Balaban J connectivity index is 1.83. The smallest absolute Gasteiger partial charge is 0.0398 e. The highest BCUT2D eigenvalue weighted by Crippen LogP contribution is 2.41. The van der Waals surface area contributed by atoms with Crippen LogP contribution in [-0.2, 0) is 6.42 Å². The molecule has 2 bridgehead atoms. The standard InChI is InChI=1S/C15H22N2/c1-11-8-12(6-7-16)3-5-15(11)17-10-13-2-4-14(17)9-13/h3,5,8,13-14H,2,4,6-7,9-10,16H2,1H3. The molecule has 2 aliphatic rings. The van der Waals surface area contributed by atoms with Crippen molar-refractivity contribution in [1.29, 1.82) is 0 Å². The lowest BCUT2D eigenvalue weighted by atomic mass is 10.0. The van der Waals surface area contributed by atoms with Gasteiger partial charge in [0.1, 0.15) is 0 Å². The number of nitrogens with two attached hydrogens (primary N) is 1. The summed E-state index contributed by atoms with van der Waals surface area (Å²) in [6.07, 6.45) is 5.26. The van der Waals surface area contributed by atoms with Crippen LogP contribution in [0.1, 0.15) is 30.4 Å². The van der Waals surface area contributed by atoms with Gasteiger partial charge in [-0.15, -0.1) is 0 Å². The quantitative estimate of drug-likeness (QED) is 0.864. The van der Waals surface area contributed by atoms with E-state index in [1.165, 1.54) is 42.6 Å². The lowest BCUT2D eigenvalue weighted by Gasteiger charge is -2.30. The molecular weight excluding hydrogens is 208 g/mol. The van der Waals surface area contributed by atoms with Crippen molar-refractivity contribution in [2.24, 2.45) is 11.7 Å². The zero-order valence-corrected chi connectivity index (χ0v) is 10.7. The second kappa shape index (κ2) is 4.34. The first-order chi connectivity index (χ1) is 8.28. The van der Waals surface area contributed by atoms with Crippen molar-refractivity contribution in [2.75, 3.05) is 18.0 Å². The van der Waals surface area contributed by atoms with Gasteiger partial charge in [0.05, 0.1) is 0 Å². The normalized spacial score (nSPS) is 26.8. The van der Waals surface area contributed by atoms with Gasteiger partial charge in [-0.1, -0.05) is 12.1 Å². The molecule has 1 aliphatic carbocycles. The van der Waals surface area contributed by atoms with Crippen LogP contribution < -0.4 is 10.6 Å². The van der Waals surface area contributed by atoms with E-state index in [-0.39, 0.29) is 0 Å². The molecule has 2 atom stereocenters. The minimum atomic E-state index is 0.743. The Labute approximate surface area is 104 Å². The zero-order chi connectivity index (χ0) is 11.8. The van der Waals surface area contributed by atoms with Crippen LogP contribution in [0.5, 0.6) is 0 Å². The zero-order valence-electron chi connectivity index (χ0n) is 10.7. The molecule has 2 N–H and O–H groups in total. The van der Waals surface area contributed by atoms with Crippen LogP contribution in [0.3, 0.4) is 0 Å². The van der Waals surface area contributed by atoms with Gasteiger partial charge >= 0.3 is 0 Å². The predicted octanol–water partition coefficient (Wildman–Crippen LogP) is 2.48. The van der Waals surface area contributed by atoms with Crippen LogP contribution in [0.4, 0.5) is 5.69 Å². The Morgan fingerprint density at radius 3 is 2.82 bits per heavy atom. The number of benzene rings is 1. The summed E-state index contributed by atoms with van der Waals surface area (Å²) < 4.78 is 0. The molecule has 2 heteroatoms. The fraction of sp³-hybridized carbons (Fsp3) is 0.600. The Kier molecular flexibility index (Phi) is 2.83. The monoisotopic (exact) mass is 230 g/mol. The first-order valence-corrected chi connectivity index (χ1v) is 6.84. The molecule has 1 aliphatic heterocycles. The van der Waals surface area contributed by atoms with Gasteiger partial charge in [-0.25, -0.2) is 0 Å². The van der Waals surface area contributed by atoms with E-state index in [2.05, 4.69) is 30.0 Å². The highest BCUT2D eigenvalue weighted by atomic mass is 15.2. The Hall–Kier alpha value is -1.02. The third-order valence-corrected chi connectivity index (χ3v) is 4.41. The molecule has 2 nitrogen and oxygen atoms in total. The van der Waals surface area contributed by atoms with E-state index in [9.17, 15) is 0 Å². The summed E-state index contributed by atoms with van der Waals surface area (Å²) in [5.74, 6) is 0.961.